The number of hydrogen-bond acceptors (Lipinski definition) is 3. The molecule has 1 aromatic heterocycles. The third-order valence-corrected chi connectivity index (χ3v) is 3.17. The fraction of sp³-hybridized carbons (Fsp3) is 0.200. The van der Waals surface area contributed by atoms with Crippen LogP contribution in [0.3, 0.4) is 0 Å². The molecule has 98 valence electrons. The molecule has 0 unspecified atom stereocenters. The maximum atomic E-state index is 6.03. The van der Waals surface area contributed by atoms with Crippen LogP contribution in [0.1, 0.15) is 5.56 Å². The minimum Gasteiger partial charge on any atom is -0.543 e. The minimum atomic E-state index is -1.62. The van der Waals surface area contributed by atoms with E-state index in [-0.39, 0.29) is 0 Å². The van der Waals surface area contributed by atoms with E-state index in [2.05, 4.69) is 29.6 Å². The summed E-state index contributed by atoms with van der Waals surface area (Å²) in [6, 6.07) is 11.7. The highest BCUT2D eigenvalue weighted by Gasteiger charge is 2.17. The number of pyridine rings is 1. The van der Waals surface area contributed by atoms with Crippen molar-refractivity contribution in [2.45, 2.75) is 19.6 Å². The van der Waals surface area contributed by atoms with Gasteiger partial charge < -0.3 is 4.43 Å². The Morgan fingerprint density at radius 1 is 1.05 bits per heavy atom. The number of aromatic nitrogens is 1. The largest absolute Gasteiger partial charge is 0.543 e. The number of benzene rings is 1. The third kappa shape index (κ3) is 4.33. The van der Waals surface area contributed by atoms with Gasteiger partial charge in [0.1, 0.15) is 11.4 Å². The van der Waals surface area contributed by atoms with Crippen molar-refractivity contribution in [1.29, 1.82) is 0 Å². The van der Waals surface area contributed by atoms with Crippen molar-refractivity contribution < 1.29 is 4.43 Å². The van der Waals surface area contributed by atoms with Gasteiger partial charge in [0.05, 0.1) is 0 Å². The average molecular weight is 270 g/mol. The lowest BCUT2D eigenvalue weighted by molar-refractivity contribution is 0.559. The molecule has 1 heterocycles. The van der Waals surface area contributed by atoms with Crippen LogP contribution < -0.4 is 4.43 Å². The molecule has 0 spiro atoms. The molecule has 4 heteroatoms. The van der Waals surface area contributed by atoms with Crippen molar-refractivity contribution in [3.63, 3.8) is 0 Å². The zero-order valence-electron chi connectivity index (χ0n) is 11.5. The number of aliphatic imine (C=N–C) groups is 1. The van der Waals surface area contributed by atoms with Crippen molar-refractivity contribution in [3.8, 4) is 5.75 Å². The molecule has 3 nitrogen and oxygen atoms in total. The summed E-state index contributed by atoms with van der Waals surface area (Å²) in [5.74, 6) is 0.854. The molecule has 0 aliphatic heterocycles. The van der Waals surface area contributed by atoms with Crippen LogP contribution in [0.25, 0.3) is 0 Å². The second-order valence-electron chi connectivity index (χ2n) is 5.22. The molecule has 0 N–H and O–H groups in total. The van der Waals surface area contributed by atoms with E-state index >= 15 is 0 Å². The van der Waals surface area contributed by atoms with Crippen LogP contribution in [-0.2, 0) is 0 Å². The number of rotatable bonds is 4. The summed E-state index contributed by atoms with van der Waals surface area (Å²) >= 11 is 0. The van der Waals surface area contributed by atoms with Gasteiger partial charge in [0.2, 0.25) is 8.32 Å². The Morgan fingerprint density at radius 2 is 1.74 bits per heavy atom. The maximum absolute atomic E-state index is 6.03. The monoisotopic (exact) mass is 270 g/mol. The van der Waals surface area contributed by atoms with Crippen molar-refractivity contribution in [3.05, 3.63) is 54.4 Å². The van der Waals surface area contributed by atoms with E-state index in [0.717, 1.165) is 17.0 Å². The van der Waals surface area contributed by atoms with E-state index in [9.17, 15) is 0 Å². The van der Waals surface area contributed by atoms with Gasteiger partial charge in [-0.3, -0.25) is 9.98 Å². The van der Waals surface area contributed by atoms with Crippen LogP contribution in [0.5, 0.6) is 5.75 Å². The predicted octanol–water partition coefficient (Wildman–Crippen LogP) is 4.05. The van der Waals surface area contributed by atoms with Crippen LogP contribution in [0.2, 0.25) is 19.6 Å². The number of nitrogens with zero attached hydrogens (tertiary/aromatic N) is 2. The first kappa shape index (κ1) is 13.5. The minimum absolute atomic E-state index is 0.854. The summed E-state index contributed by atoms with van der Waals surface area (Å²) in [4.78, 5) is 8.49. The highest BCUT2D eigenvalue weighted by Crippen LogP contribution is 2.29. The molecular weight excluding hydrogens is 252 g/mol. The summed E-state index contributed by atoms with van der Waals surface area (Å²) in [6.45, 7) is 6.49. The Kier molecular flexibility index (Phi) is 4.12. The first-order valence-corrected chi connectivity index (χ1v) is 9.67. The Hall–Kier alpha value is -1.94. The molecule has 0 atom stereocenters. The quantitative estimate of drug-likeness (QED) is 0.620. The fourth-order valence-corrected chi connectivity index (χ4v) is 2.41. The smallest absolute Gasteiger partial charge is 0.242 e. The highest BCUT2D eigenvalue weighted by molar-refractivity contribution is 6.70. The van der Waals surface area contributed by atoms with Gasteiger partial charge in [0, 0.05) is 18.6 Å². The second-order valence-corrected chi connectivity index (χ2v) is 9.65. The average Bonchev–Trinajstić information content (AvgIpc) is 2.37. The fourth-order valence-electron chi connectivity index (χ4n) is 1.57. The van der Waals surface area contributed by atoms with Crippen LogP contribution in [0, 0.1) is 0 Å². The maximum Gasteiger partial charge on any atom is 0.242 e. The molecule has 19 heavy (non-hydrogen) atoms. The summed E-state index contributed by atoms with van der Waals surface area (Å²) < 4.78 is 6.03. The van der Waals surface area contributed by atoms with Crippen molar-refractivity contribution in [1.82, 2.24) is 4.98 Å². The molecule has 0 aliphatic rings. The molecule has 0 saturated heterocycles. The lowest BCUT2D eigenvalue weighted by atomic mass is 10.3. The first-order chi connectivity index (χ1) is 9.04. The molecule has 0 saturated carbocycles. The first-order valence-electron chi connectivity index (χ1n) is 6.27. The van der Waals surface area contributed by atoms with Gasteiger partial charge in [0.25, 0.3) is 0 Å². The van der Waals surface area contributed by atoms with Gasteiger partial charge in [-0.15, -0.1) is 0 Å². The number of hydrogen-bond donors (Lipinski definition) is 0. The molecule has 0 fully saturated rings. The third-order valence-electron chi connectivity index (χ3n) is 2.34. The van der Waals surface area contributed by atoms with Gasteiger partial charge in [-0.1, -0.05) is 12.1 Å². The molecule has 0 radical (unpaired) electrons. The summed E-state index contributed by atoms with van der Waals surface area (Å²) in [5.41, 5.74) is 1.89. The van der Waals surface area contributed by atoms with Crippen molar-refractivity contribution in [2.75, 3.05) is 0 Å². The Balaban J connectivity index is 2.23. The SMILES string of the molecule is C[Si](C)(C)Oc1ccccc1N=Cc1ccncc1. The van der Waals surface area contributed by atoms with Gasteiger partial charge >= 0.3 is 0 Å². The van der Waals surface area contributed by atoms with E-state index in [4.69, 9.17) is 4.43 Å². The van der Waals surface area contributed by atoms with Crippen molar-refractivity contribution in [2.24, 2.45) is 4.99 Å². The highest BCUT2D eigenvalue weighted by atomic mass is 28.4. The Bertz CT molecular complexity index is 562. The van der Waals surface area contributed by atoms with Crippen LogP contribution >= 0.6 is 0 Å². The second kappa shape index (κ2) is 5.80. The van der Waals surface area contributed by atoms with E-state index < -0.39 is 8.32 Å². The van der Waals surface area contributed by atoms with Gasteiger partial charge in [-0.05, 0) is 49.5 Å². The van der Waals surface area contributed by atoms with Crippen molar-refractivity contribution >= 4 is 20.2 Å². The number of para-hydroxylation sites is 2. The topological polar surface area (TPSA) is 34.5 Å². The lowest BCUT2D eigenvalue weighted by Gasteiger charge is -2.20. The zero-order chi connectivity index (χ0) is 13.7. The molecule has 1 aromatic carbocycles. The molecule has 2 rings (SSSR count). The molecular formula is C15H18N2OSi. The van der Waals surface area contributed by atoms with Gasteiger partial charge in [-0.2, -0.15) is 0 Å². The summed E-state index contributed by atoms with van der Waals surface area (Å²) in [7, 11) is -1.62. The van der Waals surface area contributed by atoms with Gasteiger partial charge in [-0.25, -0.2) is 0 Å². The van der Waals surface area contributed by atoms with E-state index in [0.29, 0.717) is 0 Å². The predicted molar refractivity (Wildman–Crippen MR) is 81.9 cm³/mol. The summed E-state index contributed by atoms with van der Waals surface area (Å²) in [5, 5.41) is 0. The molecule has 0 aliphatic carbocycles. The lowest BCUT2D eigenvalue weighted by Crippen LogP contribution is -2.29. The standard InChI is InChI=1S/C15H18N2OSi/c1-19(2,3)18-15-7-5-4-6-14(15)17-12-13-8-10-16-11-9-13/h4-12H,1-3H3. The van der Waals surface area contributed by atoms with Gasteiger partial charge in [0.15, 0.2) is 0 Å². The Morgan fingerprint density at radius 3 is 2.42 bits per heavy atom. The van der Waals surface area contributed by atoms with E-state index in [1.165, 1.54) is 0 Å². The van der Waals surface area contributed by atoms with Crippen LogP contribution in [0.15, 0.2) is 53.8 Å². The Labute approximate surface area is 115 Å². The summed E-state index contributed by atoms with van der Waals surface area (Å²) in [6.07, 6.45) is 5.34. The zero-order valence-corrected chi connectivity index (χ0v) is 12.5. The normalized spacial score (nSPS) is 11.7. The molecule has 0 bridgehead atoms. The molecule has 2 aromatic rings. The van der Waals surface area contributed by atoms with E-state index in [1.54, 1.807) is 12.4 Å². The van der Waals surface area contributed by atoms with Crippen LogP contribution in [-0.4, -0.2) is 19.5 Å². The molecule has 0 amide bonds. The van der Waals surface area contributed by atoms with Crippen LogP contribution in [0.4, 0.5) is 5.69 Å². The van der Waals surface area contributed by atoms with E-state index in [1.807, 2.05) is 42.6 Å².